The summed E-state index contributed by atoms with van der Waals surface area (Å²) in [7, 11) is 0. The largest absolute Gasteiger partial charge is 0 e. The summed E-state index contributed by atoms with van der Waals surface area (Å²) in [5.41, 5.74) is 0. The maximum atomic E-state index is 7.50. The van der Waals surface area contributed by atoms with Crippen molar-refractivity contribution >= 4 is 15.4 Å². The molecule has 0 aromatic carbocycles. The van der Waals surface area contributed by atoms with Gasteiger partial charge in [-0.15, -0.1) is 0 Å². The Morgan fingerprint density at radius 2 is 0.348 bits per heavy atom. The molecule has 0 heterocycles. The average Bonchev–Trinajstić information content (AvgIpc) is 2.70. The molecule has 0 atom stereocenters. The van der Waals surface area contributed by atoms with Crippen molar-refractivity contribution in [3.8, 4) is 0 Å². The second-order valence-corrected chi connectivity index (χ2v) is 2.60. The Balaban J connectivity index is -0.00000000581. The van der Waals surface area contributed by atoms with Crippen LogP contribution in [0.15, 0.2) is 0 Å². The van der Waals surface area contributed by atoms with Crippen LogP contribution in [-0.4, -0.2) is 15.4 Å². The van der Waals surface area contributed by atoms with Crippen molar-refractivity contribution in [1.29, 1.82) is 0 Å². The maximum Gasteiger partial charge on any atom is 0 e. The number of hydrogen-bond donors (Lipinski definition) is 0. The van der Waals surface area contributed by atoms with Crippen molar-refractivity contribution < 1.29 is 76.0 Å². The molecule has 0 rings (SSSR count). The Bertz CT molecular complexity index is 176. The van der Waals surface area contributed by atoms with Crippen molar-refractivity contribution in [2.75, 3.05) is 0 Å². The van der Waals surface area contributed by atoms with Gasteiger partial charge in [0.05, 0.1) is 0 Å². The van der Waals surface area contributed by atoms with Crippen molar-refractivity contribution in [3.05, 3.63) is 59.9 Å². The molecule has 0 saturated heterocycles. The second-order valence-electron chi connectivity index (χ2n) is 0.500. The summed E-state index contributed by atoms with van der Waals surface area (Å²) < 4.78 is 67.5. The zero-order chi connectivity index (χ0) is 20.7. The summed E-state index contributed by atoms with van der Waals surface area (Å²) in [5.74, 6) is 4.50. The fourth-order valence-electron chi connectivity index (χ4n) is 0. The molecule has 0 aliphatic heterocycles. The standard InChI is InChI=1S/C2H6Ge.9CO.2Mn/c1-3-2;9*1-2;;/h1-2H3;;;;;;;;;;;. The van der Waals surface area contributed by atoms with E-state index in [-0.39, 0.29) is 34.1 Å². The molecular weight excluding hydrogens is 459 g/mol. The topological polar surface area (TPSA) is 179 Å². The third-order valence-corrected chi connectivity index (χ3v) is 0. The third kappa shape index (κ3) is 13700. The van der Waals surface area contributed by atoms with Crippen LogP contribution in [0.5, 0.6) is 0 Å². The van der Waals surface area contributed by atoms with Crippen LogP contribution in [-0.2, 0) is 76.0 Å². The molecular formula is C11H6GeMn2O9. The third-order valence-electron chi connectivity index (χ3n) is 0. The smallest absolute Gasteiger partial charge is 0 e. The van der Waals surface area contributed by atoms with Gasteiger partial charge in [0.25, 0.3) is 0 Å². The van der Waals surface area contributed by atoms with E-state index < -0.39 is 0 Å². The molecule has 122 valence electrons. The van der Waals surface area contributed by atoms with Crippen molar-refractivity contribution in [2.45, 2.75) is 11.5 Å². The fraction of sp³-hybridized carbons (Fsp3) is 0.182. The molecule has 0 amide bonds. The van der Waals surface area contributed by atoms with Crippen LogP contribution in [0.25, 0.3) is 0 Å². The first-order valence-electron chi connectivity index (χ1n) is 2.84. The molecule has 0 aliphatic rings. The first-order chi connectivity index (χ1) is 10.4. The van der Waals surface area contributed by atoms with Crippen LogP contribution in [0.1, 0.15) is 0 Å². The first kappa shape index (κ1) is 95.7. The Morgan fingerprint density at radius 1 is 0.348 bits per heavy atom. The van der Waals surface area contributed by atoms with Gasteiger partial charge in [0, 0.05) is 34.1 Å². The summed E-state index contributed by atoms with van der Waals surface area (Å²) in [6, 6.07) is 0. The van der Waals surface area contributed by atoms with E-state index in [1.807, 2.05) is 0 Å². The van der Waals surface area contributed by atoms with Gasteiger partial charge in [-0.05, 0) is 0 Å². The van der Waals surface area contributed by atoms with Crippen molar-refractivity contribution in [3.63, 3.8) is 0 Å². The van der Waals surface area contributed by atoms with Gasteiger partial charge in [-0.1, -0.05) is 0 Å². The minimum Gasteiger partial charge on any atom is 0 e. The minimum atomic E-state index is 0. The molecule has 0 fully saturated rings. The van der Waals surface area contributed by atoms with Gasteiger partial charge >= 0.3 is 129 Å². The molecule has 0 aliphatic carbocycles. The van der Waals surface area contributed by atoms with E-state index in [1.54, 1.807) is 0 Å². The SMILES string of the molecule is [C-]#[O+].[C-]#[O+].[C-]#[O+].[C-]#[O+].[C-]#[O+].[C-]#[O+].[C-]#[O+].[C-]#[O+].[C-]#[O+].[CH3][Ge][CH3].[Mn].[Mn]. The van der Waals surface area contributed by atoms with E-state index in [0.29, 0.717) is 15.4 Å². The minimum absolute atomic E-state index is 0. The molecule has 0 aromatic rings. The predicted molar refractivity (Wildman–Crippen MR) is 52.8 cm³/mol. The molecule has 0 aromatic heterocycles. The van der Waals surface area contributed by atoms with Crippen LogP contribution in [0, 0.1) is 59.9 Å². The van der Waals surface area contributed by atoms with Crippen LogP contribution < -0.4 is 0 Å². The number of rotatable bonds is 0. The van der Waals surface area contributed by atoms with Gasteiger partial charge < -0.3 is 0 Å². The normalized spacial score (nSPS) is 1.57. The van der Waals surface area contributed by atoms with Crippen LogP contribution >= 0.6 is 0 Å². The molecule has 0 N–H and O–H groups in total. The first-order valence-corrected chi connectivity index (χ1v) is 7.03. The van der Waals surface area contributed by atoms with E-state index in [4.69, 9.17) is 41.9 Å². The van der Waals surface area contributed by atoms with E-state index in [9.17, 15) is 0 Å². The monoisotopic (exact) mass is 466 g/mol. The Morgan fingerprint density at radius 3 is 0.348 bits per heavy atom. The van der Waals surface area contributed by atoms with E-state index in [1.165, 1.54) is 0 Å². The quantitative estimate of drug-likeness (QED) is 0.274. The van der Waals surface area contributed by atoms with Gasteiger partial charge in [0.15, 0.2) is 0 Å². The van der Waals surface area contributed by atoms with Gasteiger partial charge in [0.2, 0.25) is 0 Å². The summed E-state index contributed by atoms with van der Waals surface area (Å²) in [6.45, 7) is 40.5. The van der Waals surface area contributed by atoms with Crippen molar-refractivity contribution in [2.24, 2.45) is 0 Å². The van der Waals surface area contributed by atoms with Crippen LogP contribution in [0.4, 0.5) is 0 Å². The average molecular weight is 465 g/mol. The Hall–Kier alpha value is -0.758. The summed E-state index contributed by atoms with van der Waals surface area (Å²) in [5, 5.41) is 0. The van der Waals surface area contributed by atoms with Crippen molar-refractivity contribution in [1.82, 2.24) is 0 Å². The zero-order valence-corrected chi connectivity index (χ0v) is 15.9. The van der Waals surface area contributed by atoms with Gasteiger partial charge in [0.1, 0.15) is 0 Å². The molecule has 0 unspecified atom stereocenters. The van der Waals surface area contributed by atoms with Gasteiger partial charge in [-0.25, -0.2) is 0 Å². The second kappa shape index (κ2) is 149000. The van der Waals surface area contributed by atoms with Gasteiger partial charge in [-0.2, -0.15) is 0 Å². The van der Waals surface area contributed by atoms with E-state index >= 15 is 0 Å². The van der Waals surface area contributed by atoms with Gasteiger partial charge in [-0.3, -0.25) is 0 Å². The van der Waals surface area contributed by atoms with E-state index in [2.05, 4.69) is 71.4 Å². The van der Waals surface area contributed by atoms with Crippen LogP contribution in [0.2, 0.25) is 11.5 Å². The predicted octanol–water partition coefficient (Wildman–Crippen LogP) is 0.444. The molecule has 9 nitrogen and oxygen atoms in total. The summed E-state index contributed by atoms with van der Waals surface area (Å²) >= 11 is 0.500. The number of hydrogen-bond acceptors (Lipinski definition) is 0. The molecule has 4 radical (unpaired) electrons. The van der Waals surface area contributed by atoms with E-state index in [0.717, 1.165) is 0 Å². The Kier molecular flexibility index (Phi) is 619000. The Labute approximate surface area is 162 Å². The maximum absolute atomic E-state index is 7.50. The molecule has 0 bridgehead atoms. The molecule has 0 spiro atoms. The zero-order valence-electron chi connectivity index (χ0n) is 11.4. The summed E-state index contributed by atoms with van der Waals surface area (Å²) in [6.07, 6.45) is 0. The molecule has 12 heteroatoms. The fourth-order valence-corrected chi connectivity index (χ4v) is 0. The molecule has 23 heavy (non-hydrogen) atoms. The summed E-state index contributed by atoms with van der Waals surface area (Å²) in [4.78, 5) is 0. The molecule has 0 saturated carbocycles. The van der Waals surface area contributed by atoms with Crippen LogP contribution in [0.3, 0.4) is 0 Å².